The van der Waals surface area contributed by atoms with Gasteiger partial charge in [0.05, 0.1) is 17.3 Å². The van der Waals surface area contributed by atoms with Crippen molar-refractivity contribution in [3.8, 4) is 0 Å². The van der Waals surface area contributed by atoms with Crippen molar-refractivity contribution in [2.45, 2.75) is 17.9 Å². The number of carbonyl (C=O) groups is 3. The van der Waals surface area contributed by atoms with Crippen LogP contribution < -0.4 is 10.6 Å². The van der Waals surface area contributed by atoms with Crippen LogP contribution in [0.5, 0.6) is 0 Å². The summed E-state index contributed by atoms with van der Waals surface area (Å²) in [4.78, 5) is 40.2. The van der Waals surface area contributed by atoms with Gasteiger partial charge in [-0.1, -0.05) is 29.8 Å². The van der Waals surface area contributed by atoms with E-state index in [4.69, 9.17) is 16.3 Å². The van der Waals surface area contributed by atoms with E-state index in [1.54, 1.807) is 30.0 Å². The van der Waals surface area contributed by atoms with Crippen LogP contribution in [0.15, 0.2) is 58.6 Å². The topological polar surface area (TPSA) is 87.7 Å². The van der Waals surface area contributed by atoms with E-state index in [1.807, 2.05) is 37.4 Å². The number of cyclic esters (lactones) is 1. The SMILES string of the molecule is CSc1ccc(C2NC(=O)N(CC(=O)Nc3ccc(C)c(Cl)c3)C3=C2C(=O)OC3)cc1. The average Bonchev–Trinajstić information content (AvgIpc) is 3.14. The average molecular weight is 458 g/mol. The van der Waals surface area contributed by atoms with Gasteiger partial charge in [-0.2, -0.15) is 0 Å². The number of hydrogen-bond acceptors (Lipinski definition) is 5. The van der Waals surface area contributed by atoms with Gasteiger partial charge in [0.25, 0.3) is 0 Å². The molecule has 7 nitrogen and oxygen atoms in total. The lowest BCUT2D eigenvalue weighted by atomic mass is 9.96. The van der Waals surface area contributed by atoms with Gasteiger partial charge in [0.15, 0.2) is 0 Å². The molecule has 0 saturated carbocycles. The standard InChI is InChI=1S/C22H20ClN3O4S/c1-12-3-6-14(9-16(12)23)24-18(27)10-26-17-11-30-21(28)19(17)20(25-22(26)29)13-4-7-15(31-2)8-5-13/h3-9,20H,10-11H2,1-2H3,(H,24,27)(H,25,29). The molecule has 2 aliphatic heterocycles. The fraction of sp³-hybridized carbons (Fsp3) is 0.227. The normalized spacial score (nSPS) is 17.9. The van der Waals surface area contributed by atoms with Crippen molar-refractivity contribution in [1.82, 2.24) is 10.2 Å². The maximum absolute atomic E-state index is 12.8. The zero-order valence-corrected chi connectivity index (χ0v) is 18.5. The molecule has 160 valence electrons. The van der Waals surface area contributed by atoms with Crippen molar-refractivity contribution < 1.29 is 19.1 Å². The largest absolute Gasteiger partial charge is 0.456 e. The molecule has 0 fully saturated rings. The Labute approximate surface area is 188 Å². The lowest BCUT2D eigenvalue weighted by Crippen LogP contribution is -2.49. The highest BCUT2D eigenvalue weighted by Crippen LogP contribution is 2.35. The Morgan fingerprint density at radius 3 is 2.68 bits per heavy atom. The number of aryl methyl sites for hydroxylation is 1. The number of halogens is 1. The van der Waals surface area contributed by atoms with Crippen LogP contribution in [-0.2, 0) is 14.3 Å². The first-order chi connectivity index (χ1) is 14.9. The van der Waals surface area contributed by atoms with Crippen LogP contribution in [0, 0.1) is 6.92 Å². The molecular weight excluding hydrogens is 438 g/mol. The third-order valence-electron chi connectivity index (χ3n) is 5.20. The van der Waals surface area contributed by atoms with Crippen molar-refractivity contribution in [2.75, 3.05) is 24.7 Å². The molecule has 1 atom stereocenters. The summed E-state index contributed by atoms with van der Waals surface area (Å²) in [5, 5.41) is 6.09. The van der Waals surface area contributed by atoms with E-state index in [0.29, 0.717) is 22.0 Å². The van der Waals surface area contributed by atoms with Crippen molar-refractivity contribution in [1.29, 1.82) is 0 Å². The molecule has 0 bridgehead atoms. The summed E-state index contributed by atoms with van der Waals surface area (Å²) < 4.78 is 5.20. The Hall–Kier alpha value is -2.97. The van der Waals surface area contributed by atoms with Gasteiger partial charge < -0.3 is 15.4 Å². The number of hydrogen-bond donors (Lipinski definition) is 2. The van der Waals surface area contributed by atoms with Gasteiger partial charge in [0.1, 0.15) is 13.2 Å². The van der Waals surface area contributed by atoms with E-state index in [9.17, 15) is 14.4 Å². The first-order valence-corrected chi connectivity index (χ1v) is 11.2. The van der Waals surface area contributed by atoms with Gasteiger partial charge in [-0.25, -0.2) is 9.59 Å². The minimum atomic E-state index is -0.622. The molecule has 9 heteroatoms. The van der Waals surface area contributed by atoms with Crippen LogP contribution in [0.2, 0.25) is 5.02 Å². The highest BCUT2D eigenvalue weighted by molar-refractivity contribution is 7.98. The fourth-order valence-corrected chi connectivity index (χ4v) is 4.13. The molecule has 31 heavy (non-hydrogen) atoms. The minimum Gasteiger partial charge on any atom is -0.456 e. The summed E-state index contributed by atoms with van der Waals surface area (Å²) in [6, 6.07) is 11.7. The predicted molar refractivity (Wildman–Crippen MR) is 119 cm³/mol. The Morgan fingerprint density at radius 2 is 2.00 bits per heavy atom. The minimum absolute atomic E-state index is 0.0510. The zero-order valence-electron chi connectivity index (χ0n) is 16.9. The molecule has 0 spiro atoms. The highest BCUT2D eigenvalue weighted by Gasteiger charge is 2.42. The van der Waals surface area contributed by atoms with Crippen LogP contribution in [0.1, 0.15) is 17.2 Å². The lowest BCUT2D eigenvalue weighted by molar-refractivity contribution is -0.136. The molecule has 2 aromatic rings. The van der Waals surface area contributed by atoms with E-state index in [1.165, 1.54) is 4.90 Å². The summed E-state index contributed by atoms with van der Waals surface area (Å²) in [7, 11) is 0. The number of amides is 3. The van der Waals surface area contributed by atoms with Crippen LogP contribution in [-0.4, -0.2) is 42.2 Å². The number of urea groups is 1. The molecule has 0 radical (unpaired) electrons. The van der Waals surface area contributed by atoms with E-state index in [0.717, 1.165) is 16.0 Å². The van der Waals surface area contributed by atoms with Crippen molar-refractivity contribution in [3.05, 3.63) is 69.9 Å². The molecule has 2 N–H and O–H groups in total. The van der Waals surface area contributed by atoms with Crippen LogP contribution in [0.4, 0.5) is 10.5 Å². The molecule has 0 saturated heterocycles. The first-order valence-electron chi connectivity index (χ1n) is 9.55. The summed E-state index contributed by atoms with van der Waals surface area (Å²) >= 11 is 7.71. The van der Waals surface area contributed by atoms with Gasteiger partial charge in [-0.3, -0.25) is 9.69 Å². The third-order valence-corrected chi connectivity index (χ3v) is 6.36. The molecule has 0 aromatic heterocycles. The monoisotopic (exact) mass is 457 g/mol. The van der Waals surface area contributed by atoms with Crippen LogP contribution >= 0.6 is 23.4 Å². The molecule has 3 amide bonds. The van der Waals surface area contributed by atoms with Gasteiger partial charge in [0.2, 0.25) is 5.91 Å². The van der Waals surface area contributed by atoms with Gasteiger partial charge in [0, 0.05) is 15.6 Å². The highest BCUT2D eigenvalue weighted by atomic mass is 35.5. The quantitative estimate of drug-likeness (QED) is 0.525. The number of ether oxygens (including phenoxy) is 1. The smallest absolute Gasteiger partial charge is 0.338 e. The second-order valence-corrected chi connectivity index (χ2v) is 8.48. The maximum atomic E-state index is 12.8. The van der Waals surface area contributed by atoms with Gasteiger partial charge in [-0.15, -0.1) is 11.8 Å². The Morgan fingerprint density at radius 1 is 1.26 bits per heavy atom. The molecule has 2 aliphatic rings. The number of nitrogens with one attached hydrogen (secondary N) is 2. The van der Waals surface area contributed by atoms with E-state index in [-0.39, 0.29) is 13.2 Å². The summed E-state index contributed by atoms with van der Waals surface area (Å²) in [6.45, 7) is 1.55. The van der Waals surface area contributed by atoms with E-state index < -0.39 is 23.9 Å². The molecule has 2 heterocycles. The van der Waals surface area contributed by atoms with Crippen LogP contribution in [0.25, 0.3) is 0 Å². The number of anilines is 1. The Balaban J connectivity index is 1.57. The Kier molecular flexibility index (Phi) is 5.93. The molecule has 2 aromatic carbocycles. The summed E-state index contributed by atoms with van der Waals surface area (Å²) in [5.41, 5.74) is 2.95. The lowest BCUT2D eigenvalue weighted by Gasteiger charge is -2.32. The fourth-order valence-electron chi connectivity index (χ4n) is 3.54. The molecular formula is C22H20ClN3O4S. The second-order valence-electron chi connectivity index (χ2n) is 7.19. The molecule has 1 unspecified atom stereocenters. The number of rotatable bonds is 5. The first kappa shape index (κ1) is 21.3. The number of carbonyl (C=O) groups excluding carboxylic acids is 3. The van der Waals surface area contributed by atoms with Crippen molar-refractivity contribution >= 4 is 47.0 Å². The number of nitrogens with zero attached hydrogens (tertiary/aromatic N) is 1. The number of benzene rings is 2. The van der Waals surface area contributed by atoms with E-state index in [2.05, 4.69) is 10.6 Å². The Bertz CT molecular complexity index is 1100. The predicted octanol–water partition coefficient (Wildman–Crippen LogP) is 3.89. The van der Waals surface area contributed by atoms with E-state index >= 15 is 0 Å². The summed E-state index contributed by atoms with van der Waals surface area (Å²) in [6.07, 6.45) is 1.97. The number of thioether (sulfide) groups is 1. The maximum Gasteiger partial charge on any atom is 0.338 e. The number of esters is 1. The molecule has 0 aliphatic carbocycles. The molecule has 4 rings (SSSR count). The van der Waals surface area contributed by atoms with Gasteiger partial charge >= 0.3 is 12.0 Å². The van der Waals surface area contributed by atoms with Crippen molar-refractivity contribution in [3.63, 3.8) is 0 Å². The van der Waals surface area contributed by atoms with Crippen LogP contribution in [0.3, 0.4) is 0 Å². The third kappa shape index (κ3) is 4.26. The second kappa shape index (κ2) is 8.64. The zero-order chi connectivity index (χ0) is 22.1. The van der Waals surface area contributed by atoms with Gasteiger partial charge in [-0.05, 0) is 48.6 Å². The summed E-state index contributed by atoms with van der Waals surface area (Å²) in [5.74, 6) is -0.909. The van der Waals surface area contributed by atoms with Crippen molar-refractivity contribution in [2.24, 2.45) is 0 Å².